The van der Waals surface area contributed by atoms with Crippen molar-refractivity contribution in [3.8, 4) is 22.0 Å². The van der Waals surface area contributed by atoms with Crippen molar-refractivity contribution in [3.05, 3.63) is 46.1 Å². The topological polar surface area (TPSA) is 51.8 Å². The first kappa shape index (κ1) is 11.5. The van der Waals surface area contributed by atoms with Gasteiger partial charge in [0.2, 0.25) is 0 Å². The van der Waals surface area contributed by atoms with Crippen LogP contribution in [0.4, 0.5) is 0 Å². The molecule has 0 aliphatic heterocycles. The first-order valence-corrected chi connectivity index (χ1v) is 7.32. The summed E-state index contributed by atoms with van der Waals surface area (Å²) in [4.78, 5) is 8.88. The molecule has 2 N–H and O–H groups in total. The van der Waals surface area contributed by atoms with Gasteiger partial charge in [0.1, 0.15) is 16.4 Å². The van der Waals surface area contributed by atoms with Crippen LogP contribution in [0.25, 0.3) is 22.0 Å². The van der Waals surface area contributed by atoms with E-state index in [1.165, 1.54) is 0 Å². The second kappa shape index (κ2) is 4.97. The van der Waals surface area contributed by atoms with Gasteiger partial charge in [0.15, 0.2) is 0 Å². The summed E-state index contributed by atoms with van der Waals surface area (Å²) in [5.74, 6) is 0. The zero-order chi connectivity index (χ0) is 12.4. The number of thiazole rings is 2. The molecule has 3 rings (SSSR count). The van der Waals surface area contributed by atoms with Crippen molar-refractivity contribution in [2.24, 2.45) is 5.73 Å². The molecule has 18 heavy (non-hydrogen) atoms. The molecule has 0 aliphatic rings. The molecule has 0 amide bonds. The minimum absolute atomic E-state index is 0.572. The first-order valence-electron chi connectivity index (χ1n) is 5.50. The van der Waals surface area contributed by atoms with Crippen LogP contribution in [-0.2, 0) is 6.54 Å². The van der Waals surface area contributed by atoms with Crippen LogP contribution >= 0.6 is 22.7 Å². The molecule has 0 unspecified atom stereocenters. The Bertz CT molecular complexity index is 627. The fraction of sp³-hybridized carbons (Fsp3) is 0.0769. The smallest absolute Gasteiger partial charge is 0.124 e. The lowest BCUT2D eigenvalue weighted by Crippen LogP contribution is -1.95. The average molecular weight is 273 g/mol. The number of aromatic nitrogens is 2. The molecule has 0 saturated carbocycles. The van der Waals surface area contributed by atoms with E-state index in [2.05, 4.69) is 22.1 Å². The second-order valence-electron chi connectivity index (χ2n) is 3.81. The van der Waals surface area contributed by atoms with Crippen LogP contribution in [0.5, 0.6) is 0 Å². The monoisotopic (exact) mass is 273 g/mol. The molecule has 1 aromatic carbocycles. The highest BCUT2D eigenvalue weighted by Gasteiger charge is 2.07. The highest BCUT2D eigenvalue weighted by molar-refractivity contribution is 7.13. The molecule has 2 aromatic heterocycles. The van der Waals surface area contributed by atoms with Crippen LogP contribution in [0.1, 0.15) is 5.56 Å². The van der Waals surface area contributed by atoms with E-state index in [1.54, 1.807) is 22.7 Å². The van der Waals surface area contributed by atoms with E-state index in [9.17, 15) is 0 Å². The minimum Gasteiger partial charge on any atom is -0.326 e. The molecule has 5 heteroatoms. The molecular weight excluding hydrogens is 262 g/mol. The van der Waals surface area contributed by atoms with Crippen LogP contribution in [0.3, 0.4) is 0 Å². The van der Waals surface area contributed by atoms with Gasteiger partial charge in [0.25, 0.3) is 0 Å². The van der Waals surface area contributed by atoms with Crippen molar-refractivity contribution in [1.29, 1.82) is 0 Å². The molecule has 0 atom stereocenters. The number of benzene rings is 1. The fourth-order valence-electron chi connectivity index (χ4n) is 1.65. The molecular formula is C13H11N3S2. The fourth-order valence-corrected chi connectivity index (χ4v) is 3.01. The standard InChI is InChI=1S/C13H11N3S2/c14-5-9-1-3-10(4-2-9)13-16-12(7-18-13)11-6-17-8-15-11/h1-4,6-8H,5,14H2. The van der Waals surface area contributed by atoms with Gasteiger partial charge in [-0.15, -0.1) is 22.7 Å². The third kappa shape index (κ3) is 2.20. The lowest BCUT2D eigenvalue weighted by molar-refractivity contribution is 1.07. The number of hydrogen-bond acceptors (Lipinski definition) is 5. The Hall–Kier alpha value is -1.56. The summed E-state index contributed by atoms with van der Waals surface area (Å²) in [5.41, 5.74) is 11.6. The highest BCUT2D eigenvalue weighted by atomic mass is 32.1. The van der Waals surface area contributed by atoms with E-state index >= 15 is 0 Å². The lowest BCUT2D eigenvalue weighted by atomic mass is 10.1. The number of rotatable bonds is 3. The summed E-state index contributed by atoms with van der Waals surface area (Å²) in [6, 6.07) is 8.20. The molecule has 0 radical (unpaired) electrons. The van der Waals surface area contributed by atoms with E-state index in [1.807, 2.05) is 28.4 Å². The van der Waals surface area contributed by atoms with Crippen molar-refractivity contribution < 1.29 is 0 Å². The molecule has 0 saturated heterocycles. The van der Waals surface area contributed by atoms with Gasteiger partial charge in [-0.05, 0) is 5.56 Å². The summed E-state index contributed by atoms with van der Waals surface area (Å²) in [6.45, 7) is 0.572. The van der Waals surface area contributed by atoms with Gasteiger partial charge < -0.3 is 5.73 Å². The molecule has 0 aliphatic carbocycles. The summed E-state index contributed by atoms with van der Waals surface area (Å²) in [6.07, 6.45) is 0. The van der Waals surface area contributed by atoms with Crippen molar-refractivity contribution in [2.45, 2.75) is 6.54 Å². The van der Waals surface area contributed by atoms with Gasteiger partial charge in [0, 0.05) is 22.9 Å². The SMILES string of the molecule is NCc1ccc(-c2nc(-c3cscn3)cs2)cc1. The molecule has 2 heterocycles. The van der Waals surface area contributed by atoms with Crippen LogP contribution in [-0.4, -0.2) is 9.97 Å². The Morgan fingerprint density at radius 2 is 1.89 bits per heavy atom. The summed E-state index contributed by atoms with van der Waals surface area (Å²) >= 11 is 3.22. The Labute approximate surface area is 113 Å². The summed E-state index contributed by atoms with van der Waals surface area (Å²) in [5, 5.41) is 5.07. The summed E-state index contributed by atoms with van der Waals surface area (Å²) in [7, 11) is 0. The maximum atomic E-state index is 5.59. The van der Waals surface area contributed by atoms with Crippen LogP contribution in [0.15, 0.2) is 40.5 Å². The third-order valence-electron chi connectivity index (χ3n) is 2.64. The zero-order valence-electron chi connectivity index (χ0n) is 9.54. The Morgan fingerprint density at radius 3 is 2.56 bits per heavy atom. The maximum Gasteiger partial charge on any atom is 0.124 e. The van der Waals surface area contributed by atoms with E-state index in [0.29, 0.717) is 6.54 Å². The van der Waals surface area contributed by atoms with Gasteiger partial charge in [0.05, 0.1) is 5.51 Å². The van der Waals surface area contributed by atoms with Crippen molar-refractivity contribution in [2.75, 3.05) is 0 Å². The Balaban J connectivity index is 1.92. The van der Waals surface area contributed by atoms with Gasteiger partial charge >= 0.3 is 0 Å². The lowest BCUT2D eigenvalue weighted by Gasteiger charge is -1.98. The van der Waals surface area contributed by atoms with Gasteiger partial charge in [-0.2, -0.15) is 0 Å². The number of nitrogens with zero attached hydrogens (tertiary/aromatic N) is 2. The van der Waals surface area contributed by atoms with Crippen LogP contribution in [0, 0.1) is 0 Å². The van der Waals surface area contributed by atoms with Gasteiger partial charge in [-0.1, -0.05) is 24.3 Å². The first-order chi connectivity index (χ1) is 8.86. The second-order valence-corrected chi connectivity index (χ2v) is 5.39. The Morgan fingerprint density at radius 1 is 1.06 bits per heavy atom. The van der Waals surface area contributed by atoms with E-state index < -0.39 is 0 Å². The average Bonchev–Trinajstić information content (AvgIpc) is 3.09. The number of hydrogen-bond donors (Lipinski definition) is 1. The predicted molar refractivity (Wildman–Crippen MR) is 76.5 cm³/mol. The van der Waals surface area contributed by atoms with Crippen molar-refractivity contribution in [1.82, 2.24) is 9.97 Å². The van der Waals surface area contributed by atoms with Gasteiger partial charge in [-0.25, -0.2) is 9.97 Å². The van der Waals surface area contributed by atoms with Crippen molar-refractivity contribution >= 4 is 22.7 Å². The maximum absolute atomic E-state index is 5.59. The van der Waals surface area contributed by atoms with Gasteiger partial charge in [-0.3, -0.25) is 0 Å². The highest BCUT2D eigenvalue weighted by Crippen LogP contribution is 2.28. The quantitative estimate of drug-likeness (QED) is 0.795. The summed E-state index contributed by atoms with van der Waals surface area (Å²) < 4.78 is 0. The van der Waals surface area contributed by atoms with E-state index in [-0.39, 0.29) is 0 Å². The van der Waals surface area contributed by atoms with Crippen LogP contribution < -0.4 is 5.73 Å². The molecule has 3 nitrogen and oxygen atoms in total. The molecule has 90 valence electrons. The van der Waals surface area contributed by atoms with E-state index in [0.717, 1.165) is 27.5 Å². The van der Waals surface area contributed by atoms with E-state index in [4.69, 9.17) is 5.73 Å². The minimum atomic E-state index is 0.572. The molecule has 3 aromatic rings. The molecule has 0 bridgehead atoms. The normalized spacial score (nSPS) is 10.7. The van der Waals surface area contributed by atoms with Crippen molar-refractivity contribution in [3.63, 3.8) is 0 Å². The largest absolute Gasteiger partial charge is 0.326 e. The van der Waals surface area contributed by atoms with Crippen LogP contribution in [0.2, 0.25) is 0 Å². The third-order valence-corrected chi connectivity index (χ3v) is 4.11. The molecule has 0 fully saturated rings. The predicted octanol–water partition coefficient (Wildman–Crippen LogP) is 3.39. The zero-order valence-corrected chi connectivity index (χ0v) is 11.2. The number of nitrogens with two attached hydrogens (primary N) is 1. The molecule has 0 spiro atoms. The Kier molecular flexibility index (Phi) is 3.19.